The molecule has 2 rings (SSSR count). The zero-order valence-corrected chi connectivity index (χ0v) is 11.2. The summed E-state index contributed by atoms with van der Waals surface area (Å²) in [5.74, 6) is 1.29. The third kappa shape index (κ3) is 2.83. The summed E-state index contributed by atoms with van der Waals surface area (Å²) in [5, 5.41) is 4.19. The molecule has 0 bridgehead atoms. The van der Waals surface area contributed by atoms with E-state index < -0.39 is 0 Å². The molecule has 0 aliphatic carbocycles. The van der Waals surface area contributed by atoms with Gasteiger partial charge < -0.3 is 10.1 Å². The Balaban J connectivity index is 2.18. The Morgan fingerprint density at radius 1 is 1.28 bits per heavy atom. The predicted molar refractivity (Wildman–Crippen MR) is 72.4 cm³/mol. The fourth-order valence-electron chi connectivity index (χ4n) is 1.52. The highest BCUT2D eigenvalue weighted by atomic mass is 35.5. The lowest BCUT2D eigenvalue weighted by molar-refractivity contribution is 0.410. The lowest BCUT2D eigenvalue weighted by Gasteiger charge is -2.12. The van der Waals surface area contributed by atoms with Crippen LogP contribution in [-0.2, 0) is 6.54 Å². The summed E-state index contributed by atoms with van der Waals surface area (Å²) in [4.78, 5) is 7.86. The van der Waals surface area contributed by atoms with Crippen LogP contribution in [0, 0.1) is 0 Å². The van der Waals surface area contributed by atoms with Gasteiger partial charge >= 0.3 is 0 Å². The molecule has 2 aromatic rings. The molecule has 4 nitrogen and oxygen atoms in total. The fourth-order valence-corrected chi connectivity index (χ4v) is 1.92. The number of benzene rings is 1. The smallest absolute Gasteiger partial charge is 0.148 e. The first-order valence-corrected chi connectivity index (χ1v) is 5.98. The fraction of sp³-hybridized carbons (Fsp3) is 0.167. The van der Waals surface area contributed by atoms with Gasteiger partial charge in [-0.3, -0.25) is 0 Å². The number of nitrogens with one attached hydrogen (secondary N) is 1. The Morgan fingerprint density at radius 2 is 2.11 bits per heavy atom. The molecule has 1 N–H and O–H groups in total. The molecule has 0 fully saturated rings. The molecule has 0 aliphatic heterocycles. The van der Waals surface area contributed by atoms with Gasteiger partial charge in [0.25, 0.3) is 0 Å². The van der Waals surface area contributed by atoms with E-state index in [9.17, 15) is 0 Å². The largest absolute Gasteiger partial charge is 0.496 e. The Morgan fingerprint density at radius 3 is 2.83 bits per heavy atom. The van der Waals surface area contributed by atoms with Crippen LogP contribution >= 0.6 is 23.2 Å². The number of methoxy groups -OCH3 is 1. The van der Waals surface area contributed by atoms with Crippen molar-refractivity contribution in [1.29, 1.82) is 0 Å². The van der Waals surface area contributed by atoms with Crippen molar-refractivity contribution in [3.63, 3.8) is 0 Å². The Hall–Kier alpha value is -1.52. The van der Waals surface area contributed by atoms with Gasteiger partial charge in [0, 0.05) is 17.1 Å². The molecule has 0 radical (unpaired) electrons. The second kappa shape index (κ2) is 5.89. The molecule has 0 spiro atoms. The normalized spacial score (nSPS) is 10.2. The van der Waals surface area contributed by atoms with Crippen LogP contribution in [0.2, 0.25) is 10.0 Å². The molecular weight excluding hydrogens is 273 g/mol. The van der Waals surface area contributed by atoms with Crippen molar-refractivity contribution in [2.24, 2.45) is 0 Å². The van der Waals surface area contributed by atoms with Crippen molar-refractivity contribution < 1.29 is 4.74 Å². The molecule has 0 amide bonds. The van der Waals surface area contributed by atoms with Gasteiger partial charge in [0.05, 0.1) is 13.3 Å². The third-order valence-electron chi connectivity index (χ3n) is 2.40. The van der Waals surface area contributed by atoms with E-state index in [1.165, 1.54) is 12.5 Å². The average Bonchev–Trinajstić information content (AvgIpc) is 2.39. The predicted octanol–water partition coefficient (Wildman–Crippen LogP) is 3.40. The van der Waals surface area contributed by atoms with Crippen molar-refractivity contribution in [2.45, 2.75) is 6.54 Å². The number of hydrogen-bond acceptors (Lipinski definition) is 4. The minimum Gasteiger partial charge on any atom is -0.496 e. The van der Waals surface area contributed by atoms with Gasteiger partial charge in [-0.25, -0.2) is 9.97 Å². The van der Waals surface area contributed by atoms with Crippen LogP contribution in [0.5, 0.6) is 5.75 Å². The second-order valence-corrected chi connectivity index (χ2v) is 4.31. The molecule has 0 unspecified atom stereocenters. The number of aromatic nitrogens is 2. The lowest BCUT2D eigenvalue weighted by atomic mass is 10.2. The van der Waals surface area contributed by atoms with Crippen molar-refractivity contribution in [3.05, 3.63) is 46.3 Å². The SMILES string of the molecule is COc1cccc(Cl)c1CNc1ncncc1Cl. The molecule has 0 saturated heterocycles. The van der Waals surface area contributed by atoms with Gasteiger partial charge in [0.1, 0.15) is 22.9 Å². The van der Waals surface area contributed by atoms with Crippen molar-refractivity contribution >= 4 is 29.0 Å². The molecule has 1 heterocycles. The van der Waals surface area contributed by atoms with Gasteiger partial charge in [0.15, 0.2) is 0 Å². The van der Waals surface area contributed by atoms with Crippen molar-refractivity contribution in [2.75, 3.05) is 12.4 Å². The van der Waals surface area contributed by atoms with E-state index in [0.29, 0.717) is 22.4 Å². The van der Waals surface area contributed by atoms with E-state index in [1.807, 2.05) is 18.2 Å². The summed E-state index contributed by atoms with van der Waals surface area (Å²) in [6, 6.07) is 5.50. The average molecular weight is 284 g/mol. The zero-order valence-electron chi connectivity index (χ0n) is 9.65. The van der Waals surface area contributed by atoms with Crippen LogP contribution in [0.25, 0.3) is 0 Å². The monoisotopic (exact) mass is 283 g/mol. The Bertz CT molecular complexity index is 549. The summed E-state index contributed by atoms with van der Waals surface area (Å²) in [6.45, 7) is 0.472. The van der Waals surface area contributed by atoms with Gasteiger partial charge in [-0.1, -0.05) is 29.3 Å². The van der Waals surface area contributed by atoms with E-state index in [2.05, 4.69) is 15.3 Å². The molecule has 0 aliphatic rings. The summed E-state index contributed by atoms with van der Waals surface area (Å²) in [6.07, 6.45) is 2.96. The number of rotatable bonds is 4. The summed E-state index contributed by atoms with van der Waals surface area (Å²) in [7, 11) is 1.60. The molecule has 18 heavy (non-hydrogen) atoms. The van der Waals surface area contributed by atoms with Gasteiger partial charge in [-0.15, -0.1) is 0 Å². The van der Waals surface area contributed by atoms with Crippen LogP contribution < -0.4 is 10.1 Å². The molecule has 0 saturated carbocycles. The van der Waals surface area contributed by atoms with Crippen LogP contribution in [0.1, 0.15) is 5.56 Å². The minimum atomic E-state index is 0.462. The number of ether oxygens (including phenoxy) is 1. The highest BCUT2D eigenvalue weighted by Crippen LogP contribution is 2.27. The summed E-state index contributed by atoms with van der Waals surface area (Å²) >= 11 is 12.1. The highest BCUT2D eigenvalue weighted by molar-refractivity contribution is 6.32. The summed E-state index contributed by atoms with van der Waals surface area (Å²) < 4.78 is 5.25. The topological polar surface area (TPSA) is 47.0 Å². The van der Waals surface area contributed by atoms with E-state index in [4.69, 9.17) is 27.9 Å². The first kappa shape index (κ1) is 12.9. The number of halogens is 2. The number of nitrogens with zero attached hydrogens (tertiary/aromatic N) is 2. The van der Waals surface area contributed by atoms with Crippen LogP contribution in [0.4, 0.5) is 5.82 Å². The molecule has 1 aromatic heterocycles. The van der Waals surface area contributed by atoms with E-state index in [-0.39, 0.29) is 0 Å². The van der Waals surface area contributed by atoms with E-state index in [1.54, 1.807) is 7.11 Å². The molecular formula is C12H11Cl2N3O. The van der Waals surface area contributed by atoms with E-state index in [0.717, 1.165) is 11.3 Å². The maximum absolute atomic E-state index is 6.13. The Labute approximate surface area is 115 Å². The number of hydrogen-bond donors (Lipinski definition) is 1. The second-order valence-electron chi connectivity index (χ2n) is 3.49. The van der Waals surface area contributed by atoms with Crippen LogP contribution in [0.3, 0.4) is 0 Å². The maximum atomic E-state index is 6.13. The molecule has 1 aromatic carbocycles. The van der Waals surface area contributed by atoms with Gasteiger partial charge in [0.2, 0.25) is 0 Å². The van der Waals surface area contributed by atoms with E-state index >= 15 is 0 Å². The standard InChI is InChI=1S/C12H11Cl2N3O/c1-18-11-4-2-3-9(13)8(11)5-16-12-10(14)6-15-7-17-12/h2-4,6-7H,5H2,1H3,(H,15,16,17). The maximum Gasteiger partial charge on any atom is 0.148 e. The lowest BCUT2D eigenvalue weighted by Crippen LogP contribution is -2.04. The Kier molecular flexibility index (Phi) is 4.23. The van der Waals surface area contributed by atoms with Crippen molar-refractivity contribution in [1.82, 2.24) is 9.97 Å². The molecule has 6 heteroatoms. The van der Waals surface area contributed by atoms with Gasteiger partial charge in [-0.2, -0.15) is 0 Å². The minimum absolute atomic E-state index is 0.462. The molecule has 94 valence electrons. The van der Waals surface area contributed by atoms with Gasteiger partial charge in [-0.05, 0) is 12.1 Å². The quantitative estimate of drug-likeness (QED) is 0.934. The zero-order chi connectivity index (χ0) is 13.0. The number of anilines is 1. The first-order chi connectivity index (χ1) is 8.72. The first-order valence-electron chi connectivity index (χ1n) is 5.23. The highest BCUT2D eigenvalue weighted by Gasteiger charge is 2.08. The molecule has 0 atom stereocenters. The van der Waals surface area contributed by atoms with Crippen LogP contribution in [0.15, 0.2) is 30.7 Å². The van der Waals surface area contributed by atoms with Crippen LogP contribution in [-0.4, -0.2) is 17.1 Å². The third-order valence-corrected chi connectivity index (χ3v) is 3.03. The summed E-state index contributed by atoms with van der Waals surface area (Å²) in [5.41, 5.74) is 0.858. The van der Waals surface area contributed by atoms with Crippen molar-refractivity contribution in [3.8, 4) is 5.75 Å².